The van der Waals surface area contributed by atoms with Gasteiger partial charge in [0.25, 0.3) is 11.5 Å². The Hall–Kier alpha value is -4.17. The van der Waals surface area contributed by atoms with Crippen molar-refractivity contribution in [2.24, 2.45) is 5.41 Å². The average molecular weight is 546 g/mol. The molecular weight excluding hydrogens is 518 g/mol. The Morgan fingerprint density at radius 2 is 1.79 bits per heavy atom. The van der Waals surface area contributed by atoms with E-state index in [1.807, 2.05) is 44.2 Å². The molecule has 0 bridgehead atoms. The van der Waals surface area contributed by atoms with Gasteiger partial charge in [-0.05, 0) is 59.7 Å². The van der Waals surface area contributed by atoms with Crippen LogP contribution in [0.3, 0.4) is 0 Å². The molecule has 2 N–H and O–H groups in total. The third-order valence-electron chi connectivity index (χ3n) is 7.02. The molecule has 0 saturated carbocycles. The second kappa shape index (κ2) is 10.2. The minimum absolute atomic E-state index is 0.122. The van der Waals surface area contributed by atoms with Gasteiger partial charge in [0.05, 0.1) is 7.11 Å². The fourth-order valence-electron chi connectivity index (χ4n) is 5.18. The molecular formula is C30H28ClN3O5. The highest BCUT2D eigenvalue weighted by atomic mass is 35.5. The van der Waals surface area contributed by atoms with E-state index in [0.717, 1.165) is 10.9 Å². The molecule has 200 valence electrons. The van der Waals surface area contributed by atoms with Crippen LogP contribution in [-0.4, -0.2) is 40.4 Å². The van der Waals surface area contributed by atoms with E-state index in [4.69, 9.17) is 16.3 Å². The van der Waals surface area contributed by atoms with Crippen LogP contribution in [-0.2, 0) is 22.4 Å². The van der Waals surface area contributed by atoms with Gasteiger partial charge in [-0.15, -0.1) is 0 Å². The second-order valence-corrected chi connectivity index (χ2v) is 11.0. The molecule has 2 aromatic carbocycles. The number of Topliss-reactive ketones (excluding diaryl/α,β-unsaturated/α-hetero) is 1. The number of benzene rings is 2. The zero-order chi connectivity index (χ0) is 27.9. The third kappa shape index (κ3) is 5.25. The van der Waals surface area contributed by atoms with Crippen LogP contribution in [0.15, 0.2) is 65.5 Å². The fraction of sp³-hybridized carbons (Fsp3) is 0.267. The fourth-order valence-corrected chi connectivity index (χ4v) is 5.30. The normalized spacial score (nSPS) is 15.0. The number of aromatic amines is 1. The van der Waals surface area contributed by atoms with E-state index >= 15 is 0 Å². The van der Waals surface area contributed by atoms with E-state index in [-0.39, 0.29) is 29.6 Å². The first kappa shape index (κ1) is 26.4. The molecule has 2 heterocycles. The van der Waals surface area contributed by atoms with Crippen molar-refractivity contribution in [2.75, 3.05) is 7.11 Å². The Morgan fingerprint density at radius 1 is 1.08 bits per heavy atom. The molecule has 2 aromatic heterocycles. The van der Waals surface area contributed by atoms with Gasteiger partial charge < -0.3 is 15.0 Å². The Kier molecular flexibility index (Phi) is 6.91. The lowest BCUT2D eigenvalue weighted by Gasteiger charge is -2.32. The lowest BCUT2D eigenvalue weighted by molar-refractivity contribution is -0.142. The summed E-state index contributed by atoms with van der Waals surface area (Å²) in [5.74, 6) is -1.58. The van der Waals surface area contributed by atoms with Gasteiger partial charge in [-0.1, -0.05) is 43.6 Å². The molecule has 1 aliphatic carbocycles. The number of rotatable bonds is 6. The van der Waals surface area contributed by atoms with Gasteiger partial charge >= 0.3 is 5.97 Å². The number of halogens is 1. The maximum Gasteiger partial charge on any atom is 0.328 e. The molecule has 39 heavy (non-hydrogen) atoms. The molecule has 0 spiro atoms. The number of methoxy groups -OCH3 is 1. The van der Waals surface area contributed by atoms with Crippen molar-refractivity contribution in [1.29, 1.82) is 0 Å². The van der Waals surface area contributed by atoms with Gasteiger partial charge in [-0.3, -0.25) is 19.0 Å². The summed E-state index contributed by atoms with van der Waals surface area (Å²) in [6, 6.07) is 16.5. The number of aromatic nitrogens is 2. The van der Waals surface area contributed by atoms with Crippen LogP contribution in [0.1, 0.15) is 52.4 Å². The van der Waals surface area contributed by atoms with Gasteiger partial charge in [-0.2, -0.15) is 0 Å². The summed E-state index contributed by atoms with van der Waals surface area (Å²) < 4.78 is 6.35. The molecule has 8 nitrogen and oxygen atoms in total. The lowest BCUT2D eigenvalue weighted by atomic mass is 9.75. The molecule has 0 aliphatic heterocycles. The number of amides is 1. The maximum atomic E-state index is 13.8. The van der Waals surface area contributed by atoms with E-state index in [9.17, 15) is 19.2 Å². The van der Waals surface area contributed by atoms with Crippen LogP contribution in [0, 0.1) is 5.41 Å². The van der Waals surface area contributed by atoms with Crippen molar-refractivity contribution < 1.29 is 19.1 Å². The van der Waals surface area contributed by atoms with Gasteiger partial charge in [0.1, 0.15) is 11.6 Å². The first-order valence-corrected chi connectivity index (χ1v) is 13.0. The van der Waals surface area contributed by atoms with Gasteiger partial charge in [0, 0.05) is 46.0 Å². The Labute approximate surface area is 229 Å². The summed E-state index contributed by atoms with van der Waals surface area (Å²) >= 11 is 6.07. The highest BCUT2D eigenvalue weighted by Crippen LogP contribution is 2.35. The van der Waals surface area contributed by atoms with Crippen LogP contribution in [0.4, 0.5) is 0 Å². The smallest absolute Gasteiger partial charge is 0.328 e. The molecule has 9 heteroatoms. The summed E-state index contributed by atoms with van der Waals surface area (Å²) in [7, 11) is 1.24. The van der Waals surface area contributed by atoms with Crippen molar-refractivity contribution in [3.63, 3.8) is 0 Å². The summed E-state index contributed by atoms with van der Waals surface area (Å²) in [5, 5.41) is 4.12. The SMILES string of the molecule is COC(=O)[C@H](Cc1cc2ccccc2[nH]1)NC(=O)c1cc2c(n(-c3ccc(Cl)cc3)c1=O)CC(C)(C)CC2=O. The lowest BCUT2D eigenvalue weighted by Crippen LogP contribution is -2.46. The zero-order valence-corrected chi connectivity index (χ0v) is 22.6. The van der Waals surface area contributed by atoms with Crippen molar-refractivity contribution in [1.82, 2.24) is 14.9 Å². The van der Waals surface area contributed by atoms with Crippen LogP contribution in [0.2, 0.25) is 5.02 Å². The molecule has 0 fully saturated rings. The topological polar surface area (TPSA) is 110 Å². The molecule has 1 amide bonds. The van der Waals surface area contributed by atoms with E-state index in [1.165, 1.54) is 17.7 Å². The van der Waals surface area contributed by atoms with Crippen molar-refractivity contribution in [3.8, 4) is 5.69 Å². The maximum absolute atomic E-state index is 13.8. The summed E-state index contributed by atoms with van der Waals surface area (Å²) in [4.78, 5) is 56.4. The molecule has 4 aromatic rings. The number of hydrogen-bond acceptors (Lipinski definition) is 5. The van der Waals surface area contributed by atoms with Crippen molar-refractivity contribution in [2.45, 2.75) is 39.2 Å². The number of carbonyl (C=O) groups is 3. The number of nitrogens with one attached hydrogen (secondary N) is 2. The molecule has 5 rings (SSSR count). The minimum atomic E-state index is -1.07. The monoisotopic (exact) mass is 545 g/mol. The Bertz CT molecular complexity index is 1630. The van der Waals surface area contributed by atoms with E-state index < -0.39 is 23.5 Å². The van der Waals surface area contributed by atoms with E-state index in [0.29, 0.717) is 34.1 Å². The van der Waals surface area contributed by atoms with E-state index in [1.54, 1.807) is 24.3 Å². The number of para-hydroxylation sites is 1. The van der Waals surface area contributed by atoms with Crippen LogP contribution in [0.5, 0.6) is 0 Å². The summed E-state index contributed by atoms with van der Waals surface area (Å²) in [6.07, 6.45) is 0.876. The molecule has 0 saturated heterocycles. The average Bonchev–Trinajstić information content (AvgIpc) is 3.30. The highest BCUT2D eigenvalue weighted by molar-refractivity contribution is 6.30. The Balaban J connectivity index is 1.55. The summed E-state index contributed by atoms with van der Waals surface area (Å²) in [6.45, 7) is 3.94. The van der Waals surface area contributed by atoms with E-state index in [2.05, 4.69) is 10.3 Å². The van der Waals surface area contributed by atoms with Gasteiger partial charge in [0.15, 0.2) is 5.78 Å². The molecule has 0 radical (unpaired) electrons. The predicted octanol–water partition coefficient (Wildman–Crippen LogP) is 4.64. The number of pyridine rings is 1. The number of ketones is 1. The number of ether oxygens (including phenoxy) is 1. The first-order chi connectivity index (χ1) is 18.6. The molecule has 0 unspecified atom stereocenters. The quantitative estimate of drug-likeness (QED) is 0.343. The molecule has 1 atom stereocenters. The standard InChI is InChI=1S/C30H28ClN3O5/c1-30(2)15-25-21(26(35)16-30)14-22(28(37)34(25)20-10-8-18(31)9-11-20)27(36)33-24(29(38)39-3)13-19-12-17-6-4-5-7-23(17)32-19/h4-12,14,24,32H,13,15-16H2,1-3H3,(H,33,36)/t24-/m0/s1. The number of esters is 1. The van der Waals surface area contributed by atoms with Crippen LogP contribution >= 0.6 is 11.6 Å². The number of fused-ring (bicyclic) bond motifs is 2. The minimum Gasteiger partial charge on any atom is -0.467 e. The molecule has 1 aliphatic rings. The third-order valence-corrected chi connectivity index (χ3v) is 7.27. The summed E-state index contributed by atoms with van der Waals surface area (Å²) in [5.41, 5.74) is 1.78. The van der Waals surface area contributed by atoms with Crippen molar-refractivity contribution >= 4 is 40.2 Å². The number of hydrogen-bond donors (Lipinski definition) is 2. The van der Waals surface area contributed by atoms with Crippen molar-refractivity contribution in [3.05, 3.63) is 98.6 Å². The van der Waals surface area contributed by atoms with Crippen LogP contribution < -0.4 is 10.9 Å². The zero-order valence-electron chi connectivity index (χ0n) is 21.8. The predicted molar refractivity (Wildman–Crippen MR) is 149 cm³/mol. The van der Waals surface area contributed by atoms with Gasteiger partial charge in [0.2, 0.25) is 0 Å². The largest absolute Gasteiger partial charge is 0.467 e. The first-order valence-electron chi connectivity index (χ1n) is 12.6. The Morgan fingerprint density at radius 3 is 2.49 bits per heavy atom. The van der Waals surface area contributed by atoms with Gasteiger partial charge in [-0.25, -0.2) is 4.79 Å². The second-order valence-electron chi connectivity index (χ2n) is 10.6. The number of H-pyrrole nitrogens is 1. The van der Waals surface area contributed by atoms with Crippen LogP contribution in [0.25, 0.3) is 16.6 Å². The number of nitrogens with zero attached hydrogens (tertiary/aromatic N) is 1. The highest BCUT2D eigenvalue weighted by Gasteiger charge is 2.35. The number of carbonyl (C=O) groups excluding carboxylic acids is 3.